The second-order valence-electron chi connectivity index (χ2n) is 8.14. The molecular formula is C25H28N2O5. The maximum Gasteiger partial charge on any atom is 0.311 e. The molecule has 0 aliphatic heterocycles. The van der Waals surface area contributed by atoms with E-state index in [1.807, 2.05) is 24.3 Å². The van der Waals surface area contributed by atoms with Gasteiger partial charge in [-0.05, 0) is 53.3 Å². The van der Waals surface area contributed by atoms with Gasteiger partial charge in [0.2, 0.25) is 0 Å². The molecule has 32 heavy (non-hydrogen) atoms. The normalized spacial score (nSPS) is 11.4. The van der Waals surface area contributed by atoms with Gasteiger partial charge in [-0.1, -0.05) is 39.0 Å². The van der Waals surface area contributed by atoms with Gasteiger partial charge < -0.3 is 19.9 Å². The summed E-state index contributed by atoms with van der Waals surface area (Å²) in [4.78, 5) is 23.4. The summed E-state index contributed by atoms with van der Waals surface area (Å²) in [6, 6.07) is 14.3. The van der Waals surface area contributed by atoms with Crippen molar-refractivity contribution in [2.45, 2.75) is 39.0 Å². The average Bonchev–Trinajstić information content (AvgIpc) is 2.75. The van der Waals surface area contributed by atoms with Crippen LogP contribution in [0.2, 0.25) is 0 Å². The lowest BCUT2D eigenvalue weighted by Crippen LogP contribution is -2.12. The van der Waals surface area contributed by atoms with Crippen LogP contribution in [0.5, 0.6) is 17.2 Å². The van der Waals surface area contributed by atoms with Crippen LogP contribution in [0.3, 0.4) is 0 Å². The Bertz CT molecular complexity index is 1030. The molecule has 0 aliphatic rings. The lowest BCUT2D eigenvalue weighted by Gasteiger charge is -2.19. The highest BCUT2D eigenvalue weighted by molar-refractivity contribution is 6.00. The van der Waals surface area contributed by atoms with Crippen LogP contribution in [0.4, 0.5) is 0 Å². The Morgan fingerprint density at radius 1 is 1.09 bits per heavy atom. The number of nitrogens with zero attached hydrogens (tertiary/aromatic N) is 1. The molecule has 0 spiro atoms. The second-order valence-corrected chi connectivity index (χ2v) is 8.14. The number of benzene rings is 2. The van der Waals surface area contributed by atoms with E-state index < -0.39 is 11.9 Å². The molecule has 168 valence electrons. The molecule has 2 rings (SSSR count). The largest absolute Gasteiger partial charge is 0.494 e. The maximum absolute atomic E-state index is 12.2. The Kier molecular flexibility index (Phi) is 8.42. The first-order chi connectivity index (χ1) is 15.1. The van der Waals surface area contributed by atoms with E-state index in [0.717, 1.165) is 5.75 Å². The highest BCUT2D eigenvalue weighted by atomic mass is 16.6. The molecule has 0 radical (unpaired) electrons. The van der Waals surface area contributed by atoms with Gasteiger partial charge >= 0.3 is 5.97 Å². The molecular weight excluding hydrogens is 408 g/mol. The predicted molar refractivity (Wildman–Crippen MR) is 121 cm³/mol. The van der Waals surface area contributed by atoms with E-state index >= 15 is 0 Å². The van der Waals surface area contributed by atoms with Crippen LogP contribution in [-0.4, -0.2) is 25.6 Å². The number of rotatable bonds is 9. The Morgan fingerprint density at radius 2 is 1.78 bits per heavy atom. The van der Waals surface area contributed by atoms with E-state index in [4.69, 9.17) is 25.2 Å². The molecule has 0 unspecified atom stereocenters. The molecule has 7 nitrogen and oxygen atoms in total. The number of methoxy groups -OCH3 is 1. The first-order valence-electron chi connectivity index (χ1n) is 10.2. The van der Waals surface area contributed by atoms with Gasteiger partial charge in [0.05, 0.1) is 13.7 Å². The highest BCUT2D eigenvalue weighted by Gasteiger charge is 2.14. The Morgan fingerprint density at radius 3 is 2.34 bits per heavy atom. The van der Waals surface area contributed by atoms with E-state index in [1.165, 1.54) is 24.8 Å². The fraction of sp³-hybridized carbons (Fsp3) is 0.320. The van der Waals surface area contributed by atoms with Gasteiger partial charge in [-0.15, -0.1) is 0 Å². The molecule has 7 heteroatoms. The van der Waals surface area contributed by atoms with Crippen LogP contribution in [0.15, 0.2) is 48.0 Å². The Hall–Kier alpha value is -3.79. The number of hydrogen-bond donors (Lipinski definition) is 1. The van der Waals surface area contributed by atoms with Gasteiger partial charge in [0.1, 0.15) is 17.4 Å². The predicted octanol–water partition coefficient (Wildman–Crippen LogP) is 4.15. The number of nitrogens with two attached hydrogens (primary N) is 1. The molecule has 0 bridgehead atoms. The van der Waals surface area contributed by atoms with Crippen molar-refractivity contribution in [1.29, 1.82) is 5.26 Å². The van der Waals surface area contributed by atoms with Gasteiger partial charge in [0.15, 0.2) is 11.5 Å². The minimum Gasteiger partial charge on any atom is -0.494 e. The molecule has 0 aromatic heterocycles. The van der Waals surface area contributed by atoms with Crippen LogP contribution in [0.25, 0.3) is 6.08 Å². The number of esters is 1. The van der Waals surface area contributed by atoms with Crippen molar-refractivity contribution in [1.82, 2.24) is 0 Å². The SMILES string of the molecule is COc1cc(/C=C(\C#N)C(N)=O)ccc1OC(=O)CCCOc1ccc(C(C)(C)C)cc1. The summed E-state index contributed by atoms with van der Waals surface area (Å²) >= 11 is 0. The number of carbonyl (C=O) groups excluding carboxylic acids is 2. The van der Waals surface area contributed by atoms with Crippen LogP contribution < -0.4 is 19.9 Å². The number of hydrogen-bond acceptors (Lipinski definition) is 6. The standard InChI is InChI=1S/C25H28N2O5/c1-25(2,3)19-8-10-20(11-9-19)31-13-5-6-23(28)32-21-12-7-17(15-22(21)30-4)14-18(16-26)24(27)29/h7-12,14-15H,5-6,13H2,1-4H3,(H2,27,29)/b18-14+. The third-order valence-corrected chi connectivity index (χ3v) is 4.62. The molecule has 0 atom stereocenters. The molecule has 0 fully saturated rings. The van der Waals surface area contributed by atoms with Crippen LogP contribution in [0.1, 0.15) is 44.7 Å². The van der Waals surface area contributed by atoms with Gasteiger partial charge in [0, 0.05) is 6.42 Å². The molecule has 0 aliphatic carbocycles. The average molecular weight is 437 g/mol. The first-order valence-corrected chi connectivity index (χ1v) is 10.2. The van der Waals surface area contributed by atoms with E-state index in [2.05, 4.69) is 20.8 Å². The van der Waals surface area contributed by atoms with E-state index in [-0.39, 0.29) is 23.2 Å². The summed E-state index contributed by atoms with van der Waals surface area (Å²) in [7, 11) is 1.43. The summed E-state index contributed by atoms with van der Waals surface area (Å²) in [5.74, 6) is 0.0433. The molecule has 0 saturated heterocycles. The van der Waals surface area contributed by atoms with Crippen LogP contribution in [-0.2, 0) is 15.0 Å². The molecule has 0 heterocycles. The monoisotopic (exact) mass is 436 g/mol. The lowest BCUT2D eigenvalue weighted by molar-refractivity contribution is -0.134. The van der Waals surface area contributed by atoms with Crippen molar-refractivity contribution in [3.63, 3.8) is 0 Å². The van der Waals surface area contributed by atoms with E-state index in [1.54, 1.807) is 18.2 Å². The highest BCUT2D eigenvalue weighted by Crippen LogP contribution is 2.29. The van der Waals surface area contributed by atoms with E-state index in [0.29, 0.717) is 24.3 Å². The fourth-order valence-corrected chi connectivity index (χ4v) is 2.81. The molecule has 1 amide bonds. The number of carbonyl (C=O) groups is 2. The van der Waals surface area contributed by atoms with Crippen molar-refractivity contribution < 1.29 is 23.8 Å². The van der Waals surface area contributed by atoms with Crippen molar-refractivity contribution in [2.24, 2.45) is 5.73 Å². The summed E-state index contributed by atoms with van der Waals surface area (Å²) in [5.41, 5.74) is 6.77. The minimum absolute atomic E-state index is 0.0810. The summed E-state index contributed by atoms with van der Waals surface area (Å²) in [6.45, 7) is 6.84. The van der Waals surface area contributed by atoms with Crippen molar-refractivity contribution in [2.75, 3.05) is 13.7 Å². The van der Waals surface area contributed by atoms with Gasteiger partial charge in [0.25, 0.3) is 5.91 Å². The Balaban J connectivity index is 1.88. The Labute approximate surface area is 188 Å². The quantitative estimate of drug-likeness (QED) is 0.208. The topological polar surface area (TPSA) is 112 Å². The summed E-state index contributed by atoms with van der Waals surface area (Å²) in [6.07, 6.45) is 2.00. The van der Waals surface area contributed by atoms with Gasteiger partial charge in [-0.3, -0.25) is 9.59 Å². The van der Waals surface area contributed by atoms with Crippen molar-refractivity contribution >= 4 is 18.0 Å². The van der Waals surface area contributed by atoms with Crippen molar-refractivity contribution in [3.8, 4) is 23.3 Å². The van der Waals surface area contributed by atoms with Gasteiger partial charge in [-0.25, -0.2) is 0 Å². The number of primary amides is 1. The summed E-state index contributed by atoms with van der Waals surface area (Å²) < 4.78 is 16.3. The first kappa shape index (κ1) is 24.5. The molecule has 2 aromatic carbocycles. The third-order valence-electron chi connectivity index (χ3n) is 4.62. The van der Waals surface area contributed by atoms with Crippen LogP contribution >= 0.6 is 0 Å². The molecule has 2 N–H and O–H groups in total. The minimum atomic E-state index is -0.825. The number of nitriles is 1. The second kappa shape index (κ2) is 11.0. The molecule has 0 saturated carbocycles. The third kappa shape index (κ3) is 7.17. The zero-order valence-corrected chi connectivity index (χ0v) is 18.8. The van der Waals surface area contributed by atoms with Crippen molar-refractivity contribution in [3.05, 3.63) is 59.2 Å². The lowest BCUT2D eigenvalue weighted by atomic mass is 9.87. The zero-order chi connectivity index (χ0) is 23.7. The van der Waals surface area contributed by atoms with E-state index in [9.17, 15) is 9.59 Å². The van der Waals surface area contributed by atoms with Crippen LogP contribution in [0, 0.1) is 11.3 Å². The number of ether oxygens (including phenoxy) is 3. The number of amides is 1. The fourth-order valence-electron chi connectivity index (χ4n) is 2.81. The zero-order valence-electron chi connectivity index (χ0n) is 18.8. The molecule has 2 aromatic rings. The van der Waals surface area contributed by atoms with Gasteiger partial charge in [-0.2, -0.15) is 5.26 Å². The summed E-state index contributed by atoms with van der Waals surface area (Å²) in [5, 5.41) is 8.95. The maximum atomic E-state index is 12.2. The smallest absolute Gasteiger partial charge is 0.311 e.